The van der Waals surface area contributed by atoms with Crippen molar-refractivity contribution >= 4 is 0 Å². The van der Waals surface area contributed by atoms with Gasteiger partial charge in [-0.05, 0) is 44.9 Å². The molecule has 0 radical (unpaired) electrons. The second-order valence-electron chi connectivity index (χ2n) is 5.09. The van der Waals surface area contributed by atoms with Crippen LogP contribution >= 0.6 is 0 Å². The van der Waals surface area contributed by atoms with Crippen molar-refractivity contribution in [1.29, 1.82) is 0 Å². The van der Waals surface area contributed by atoms with E-state index in [1.54, 1.807) is 6.20 Å². The van der Waals surface area contributed by atoms with Crippen molar-refractivity contribution in [3.05, 3.63) is 24.0 Å². The van der Waals surface area contributed by atoms with Gasteiger partial charge in [-0.3, -0.25) is 4.98 Å². The Labute approximate surface area is 105 Å². The van der Waals surface area contributed by atoms with Gasteiger partial charge in [0.2, 0.25) is 0 Å². The molecule has 1 rings (SSSR count). The predicted octanol–water partition coefficient (Wildman–Crippen LogP) is 3.18. The van der Waals surface area contributed by atoms with E-state index in [4.69, 9.17) is 4.74 Å². The van der Waals surface area contributed by atoms with Crippen LogP contribution in [0.1, 0.15) is 45.7 Å². The minimum atomic E-state index is 0.185. The molecule has 3 nitrogen and oxygen atoms in total. The van der Waals surface area contributed by atoms with Gasteiger partial charge in [-0.15, -0.1) is 0 Å². The largest absolute Gasteiger partial charge is 0.489 e. The van der Waals surface area contributed by atoms with E-state index in [2.05, 4.69) is 30.2 Å². The monoisotopic (exact) mass is 236 g/mol. The number of nitrogens with zero attached hydrogens (tertiary/aromatic N) is 1. The van der Waals surface area contributed by atoms with Gasteiger partial charge in [-0.1, -0.05) is 13.8 Å². The fraction of sp³-hybridized carbons (Fsp3) is 0.643. The Hall–Kier alpha value is -1.09. The van der Waals surface area contributed by atoms with Crippen LogP contribution < -0.4 is 10.1 Å². The zero-order valence-electron chi connectivity index (χ0n) is 11.5. The van der Waals surface area contributed by atoms with Gasteiger partial charge >= 0.3 is 0 Å². The van der Waals surface area contributed by atoms with Gasteiger partial charge in [0, 0.05) is 12.2 Å². The molecule has 1 N–H and O–H groups in total. The number of rotatable bonds is 6. The van der Waals surface area contributed by atoms with Gasteiger partial charge in [0.05, 0.1) is 12.3 Å². The second kappa shape index (κ2) is 6.60. The van der Waals surface area contributed by atoms with Gasteiger partial charge in [0.15, 0.2) is 0 Å². The molecule has 0 aliphatic rings. The van der Waals surface area contributed by atoms with E-state index in [0.717, 1.165) is 12.2 Å². The lowest BCUT2D eigenvalue weighted by molar-refractivity contribution is 0.241. The highest BCUT2D eigenvalue weighted by Crippen LogP contribution is 2.23. The van der Waals surface area contributed by atoms with Crippen LogP contribution in [0.5, 0.6) is 5.75 Å². The molecule has 1 aromatic heterocycles. The van der Waals surface area contributed by atoms with Gasteiger partial charge in [-0.25, -0.2) is 0 Å². The molecular formula is C14H24N2O. The lowest BCUT2D eigenvalue weighted by Crippen LogP contribution is -2.18. The lowest BCUT2D eigenvalue weighted by Gasteiger charge is -2.19. The molecule has 0 aliphatic heterocycles. The number of pyridine rings is 1. The topological polar surface area (TPSA) is 34.2 Å². The average Bonchev–Trinajstić information content (AvgIpc) is 2.25. The third-order valence-electron chi connectivity index (χ3n) is 2.56. The second-order valence-corrected chi connectivity index (χ2v) is 5.09. The third-order valence-corrected chi connectivity index (χ3v) is 2.56. The van der Waals surface area contributed by atoms with Crippen molar-refractivity contribution in [1.82, 2.24) is 10.3 Å². The molecular weight excluding hydrogens is 212 g/mol. The molecule has 0 spiro atoms. The highest BCUT2D eigenvalue weighted by atomic mass is 16.5. The maximum absolute atomic E-state index is 5.66. The van der Waals surface area contributed by atoms with Gasteiger partial charge in [-0.2, -0.15) is 0 Å². The predicted molar refractivity (Wildman–Crippen MR) is 71.3 cm³/mol. The number of hydrogen-bond donors (Lipinski definition) is 1. The van der Waals surface area contributed by atoms with Crippen molar-refractivity contribution in [2.45, 2.75) is 46.3 Å². The molecule has 1 aromatic rings. The zero-order chi connectivity index (χ0) is 12.8. The van der Waals surface area contributed by atoms with Crippen molar-refractivity contribution in [2.75, 3.05) is 7.05 Å². The molecule has 0 fully saturated rings. The first-order valence-corrected chi connectivity index (χ1v) is 6.31. The minimum absolute atomic E-state index is 0.185. The standard InChI is InChI=1S/C14H24N2O/c1-10(2)6-14(15-5)12-7-13(9-16-8-12)17-11(3)4/h7-11,14-15H,6H2,1-5H3. The Morgan fingerprint density at radius 3 is 2.47 bits per heavy atom. The van der Waals surface area contributed by atoms with Crippen LogP contribution in [0.3, 0.4) is 0 Å². The molecule has 1 heterocycles. The van der Waals surface area contributed by atoms with Gasteiger partial charge in [0.1, 0.15) is 5.75 Å². The molecule has 0 aliphatic carbocycles. The summed E-state index contributed by atoms with van der Waals surface area (Å²) in [6.45, 7) is 8.51. The maximum Gasteiger partial charge on any atom is 0.138 e. The van der Waals surface area contributed by atoms with Crippen molar-refractivity contribution in [2.24, 2.45) is 5.92 Å². The number of nitrogens with one attached hydrogen (secondary N) is 1. The SMILES string of the molecule is CNC(CC(C)C)c1cncc(OC(C)C)c1. The molecule has 0 aromatic carbocycles. The molecule has 0 amide bonds. The third kappa shape index (κ3) is 4.73. The molecule has 3 heteroatoms. The lowest BCUT2D eigenvalue weighted by atomic mass is 9.98. The van der Waals surface area contributed by atoms with Crippen LogP contribution in [0.25, 0.3) is 0 Å². The van der Waals surface area contributed by atoms with E-state index in [1.165, 1.54) is 5.56 Å². The van der Waals surface area contributed by atoms with Gasteiger partial charge in [0.25, 0.3) is 0 Å². The van der Waals surface area contributed by atoms with Crippen LogP contribution in [0, 0.1) is 5.92 Å². The summed E-state index contributed by atoms with van der Waals surface area (Å²) in [6, 6.07) is 2.43. The highest BCUT2D eigenvalue weighted by Gasteiger charge is 2.12. The Morgan fingerprint density at radius 1 is 1.24 bits per heavy atom. The first kappa shape index (κ1) is 14.0. The van der Waals surface area contributed by atoms with E-state index >= 15 is 0 Å². The Bertz CT molecular complexity index is 337. The summed E-state index contributed by atoms with van der Waals surface area (Å²) < 4.78 is 5.66. The molecule has 17 heavy (non-hydrogen) atoms. The molecule has 0 bridgehead atoms. The van der Waals surface area contributed by atoms with Crippen molar-refractivity contribution in [3.8, 4) is 5.75 Å². The summed E-state index contributed by atoms with van der Waals surface area (Å²) in [6.07, 6.45) is 4.97. The summed E-state index contributed by atoms with van der Waals surface area (Å²) in [5.41, 5.74) is 1.19. The number of hydrogen-bond acceptors (Lipinski definition) is 3. The highest BCUT2D eigenvalue weighted by molar-refractivity contribution is 5.26. The first-order chi connectivity index (χ1) is 8.02. The summed E-state index contributed by atoms with van der Waals surface area (Å²) in [5.74, 6) is 1.50. The summed E-state index contributed by atoms with van der Waals surface area (Å²) in [5, 5.41) is 3.33. The van der Waals surface area contributed by atoms with Crippen LogP contribution in [-0.2, 0) is 0 Å². The molecule has 1 atom stereocenters. The maximum atomic E-state index is 5.66. The van der Waals surface area contributed by atoms with E-state index < -0.39 is 0 Å². The zero-order valence-corrected chi connectivity index (χ0v) is 11.5. The van der Waals surface area contributed by atoms with Crippen LogP contribution in [0.15, 0.2) is 18.5 Å². The van der Waals surface area contributed by atoms with Crippen LogP contribution in [0.2, 0.25) is 0 Å². The smallest absolute Gasteiger partial charge is 0.138 e. The van der Waals surface area contributed by atoms with Crippen molar-refractivity contribution in [3.63, 3.8) is 0 Å². The molecule has 96 valence electrons. The fourth-order valence-electron chi connectivity index (χ4n) is 1.85. The van der Waals surface area contributed by atoms with Gasteiger partial charge < -0.3 is 10.1 Å². The van der Waals surface area contributed by atoms with E-state index in [0.29, 0.717) is 12.0 Å². The first-order valence-electron chi connectivity index (χ1n) is 6.31. The minimum Gasteiger partial charge on any atom is -0.489 e. The van der Waals surface area contributed by atoms with E-state index in [1.807, 2.05) is 27.1 Å². The van der Waals surface area contributed by atoms with E-state index in [9.17, 15) is 0 Å². The fourth-order valence-corrected chi connectivity index (χ4v) is 1.85. The Kier molecular flexibility index (Phi) is 5.42. The molecule has 0 saturated carbocycles. The number of ether oxygens (including phenoxy) is 1. The Morgan fingerprint density at radius 2 is 1.94 bits per heavy atom. The average molecular weight is 236 g/mol. The normalized spacial score (nSPS) is 13.1. The van der Waals surface area contributed by atoms with Crippen LogP contribution in [0.4, 0.5) is 0 Å². The Balaban J connectivity index is 2.81. The summed E-state index contributed by atoms with van der Waals surface area (Å²) in [4.78, 5) is 4.25. The molecule has 1 unspecified atom stereocenters. The summed E-state index contributed by atoms with van der Waals surface area (Å²) in [7, 11) is 1.99. The van der Waals surface area contributed by atoms with E-state index in [-0.39, 0.29) is 6.10 Å². The summed E-state index contributed by atoms with van der Waals surface area (Å²) >= 11 is 0. The number of aromatic nitrogens is 1. The van der Waals surface area contributed by atoms with Crippen LogP contribution in [-0.4, -0.2) is 18.1 Å². The molecule has 0 saturated heterocycles. The quantitative estimate of drug-likeness (QED) is 0.823. The van der Waals surface area contributed by atoms with Crippen molar-refractivity contribution < 1.29 is 4.74 Å².